The molecule has 27 heavy (non-hydrogen) atoms. The van der Waals surface area contributed by atoms with Gasteiger partial charge in [-0.15, -0.1) is 0 Å². The van der Waals surface area contributed by atoms with Crippen molar-refractivity contribution in [3.8, 4) is 5.75 Å². The maximum atomic E-state index is 13.6. The fraction of sp³-hybridized carbons (Fsp3) is 0.350. The molecule has 3 aromatic rings. The second-order valence-electron chi connectivity index (χ2n) is 6.78. The van der Waals surface area contributed by atoms with Gasteiger partial charge in [-0.2, -0.15) is 5.10 Å². The minimum Gasteiger partial charge on any atom is -0.481 e. The van der Waals surface area contributed by atoms with E-state index in [1.54, 1.807) is 27.9 Å². The Morgan fingerprint density at radius 2 is 2.15 bits per heavy atom. The Morgan fingerprint density at radius 3 is 3.00 bits per heavy atom. The van der Waals surface area contributed by atoms with Crippen LogP contribution in [-0.2, 0) is 11.8 Å². The molecule has 0 aliphatic carbocycles. The van der Waals surface area contributed by atoms with Gasteiger partial charge in [-0.05, 0) is 37.1 Å². The fourth-order valence-corrected chi connectivity index (χ4v) is 3.64. The molecule has 0 N–H and O–H groups in total. The molecule has 1 aliphatic rings. The largest absolute Gasteiger partial charge is 0.481 e. The zero-order chi connectivity index (χ0) is 18.8. The topological polar surface area (TPSA) is 60.2 Å². The molecule has 1 aliphatic heterocycles. The Hall–Kier alpha value is -2.96. The average Bonchev–Trinajstić information content (AvgIpc) is 3.04. The first kappa shape index (κ1) is 17.5. The summed E-state index contributed by atoms with van der Waals surface area (Å²) in [5.41, 5.74) is 1.83. The number of hydrogen-bond acceptors (Lipinski definition) is 4. The molecule has 3 heterocycles. The first-order chi connectivity index (χ1) is 13.1. The molecule has 0 radical (unpaired) electrons. The van der Waals surface area contributed by atoms with E-state index in [1.165, 1.54) is 12.1 Å². The summed E-state index contributed by atoms with van der Waals surface area (Å²) in [6, 6.07) is 10.0. The lowest BCUT2D eigenvalue weighted by Crippen LogP contribution is -2.41. The first-order valence-electron chi connectivity index (χ1n) is 9.06. The van der Waals surface area contributed by atoms with Crippen molar-refractivity contribution < 1.29 is 13.9 Å². The van der Waals surface area contributed by atoms with Crippen LogP contribution < -0.4 is 4.74 Å². The maximum absolute atomic E-state index is 13.6. The second-order valence-corrected chi connectivity index (χ2v) is 6.78. The van der Waals surface area contributed by atoms with Crippen molar-refractivity contribution in [3.63, 3.8) is 0 Å². The summed E-state index contributed by atoms with van der Waals surface area (Å²) in [5.74, 6) is -0.346. The number of rotatable bonds is 4. The highest BCUT2D eigenvalue weighted by atomic mass is 19.1. The standard InChI is InChI=1S/C20H21FN4O2/c1-24-20-15(7-4-10-22-20)19(23-24)14-6-5-11-25(12-14)18(26)13-27-17-9-3-2-8-16(17)21/h2-4,7-10,14H,5-6,11-13H2,1H3/t14-/m1/s1. The number of carbonyl (C=O) groups excluding carboxylic acids is 1. The monoisotopic (exact) mass is 368 g/mol. The van der Waals surface area contributed by atoms with Crippen LogP contribution >= 0.6 is 0 Å². The van der Waals surface area contributed by atoms with Crippen LogP contribution in [0.5, 0.6) is 5.75 Å². The molecular weight excluding hydrogens is 347 g/mol. The van der Waals surface area contributed by atoms with Crippen molar-refractivity contribution in [2.75, 3.05) is 19.7 Å². The molecule has 0 spiro atoms. The molecule has 1 saturated heterocycles. The lowest BCUT2D eigenvalue weighted by Gasteiger charge is -2.32. The van der Waals surface area contributed by atoms with Gasteiger partial charge in [-0.25, -0.2) is 9.37 Å². The summed E-state index contributed by atoms with van der Waals surface area (Å²) in [6.45, 7) is 1.09. The number of fused-ring (bicyclic) bond motifs is 1. The van der Waals surface area contributed by atoms with Crippen LogP contribution in [0, 0.1) is 5.82 Å². The minimum atomic E-state index is -0.464. The smallest absolute Gasteiger partial charge is 0.260 e. The highest BCUT2D eigenvalue weighted by Crippen LogP contribution is 2.30. The molecule has 6 nitrogen and oxygen atoms in total. The molecule has 1 amide bonds. The SMILES string of the molecule is Cn1nc([C@@H]2CCCN(C(=O)COc3ccccc3F)C2)c2cccnc21. The van der Waals surface area contributed by atoms with Crippen LogP contribution in [-0.4, -0.2) is 45.3 Å². The lowest BCUT2D eigenvalue weighted by atomic mass is 9.93. The first-order valence-corrected chi connectivity index (χ1v) is 9.06. The van der Waals surface area contributed by atoms with E-state index in [0.717, 1.165) is 29.6 Å². The van der Waals surface area contributed by atoms with E-state index in [0.29, 0.717) is 13.1 Å². The molecule has 2 aromatic heterocycles. The van der Waals surface area contributed by atoms with Crippen molar-refractivity contribution >= 4 is 16.9 Å². The lowest BCUT2D eigenvalue weighted by molar-refractivity contribution is -0.134. The third kappa shape index (κ3) is 3.49. The number of halogens is 1. The number of likely N-dealkylation sites (tertiary alicyclic amines) is 1. The van der Waals surface area contributed by atoms with Crippen LogP contribution in [0.3, 0.4) is 0 Å². The predicted octanol–water partition coefficient (Wildman–Crippen LogP) is 2.89. The van der Waals surface area contributed by atoms with Crippen molar-refractivity contribution in [2.45, 2.75) is 18.8 Å². The Kier molecular flexibility index (Phi) is 4.75. The van der Waals surface area contributed by atoms with Crippen LogP contribution in [0.4, 0.5) is 4.39 Å². The number of nitrogens with zero attached hydrogens (tertiary/aromatic N) is 4. The number of carbonyl (C=O) groups is 1. The highest BCUT2D eigenvalue weighted by molar-refractivity contribution is 5.80. The predicted molar refractivity (Wildman–Crippen MR) is 99.0 cm³/mol. The molecule has 140 valence electrons. The van der Waals surface area contributed by atoms with Crippen LogP contribution in [0.2, 0.25) is 0 Å². The van der Waals surface area contributed by atoms with Gasteiger partial charge in [-0.3, -0.25) is 9.48 Å². The number of piperidine rings is 1. The summed E-state index contributed by atoms with van der Waals surface area (Å²) in [4.78, 5) is 18.7. The third-order valence-corrected chi connectivity index (χ3v) is 4.98. The Balaban J connectivity index is 1.46. The second kappa shape index (κ2) is 7.34. The molecule has 7 heteroatoms. The van der Waals surface area contributed by atoms with Gasteiger partial charge in [0.15, 0.2) is 23.8 Å². The summed E-state index contributed by atoms with van der Waals surface area (Å²) in [5, 5.41) is 5.68. The fourth-order valence-electron chi connectivity index (χ4n) is 3.64. The summed E-state index contributed by atoms with van der Waals surface area (Å²) in [7, 11) is 1.88. The number of aromatic nitrogens is 3. The van der Waals surface area contributed by atoms with Gasteiger partial charge in [0.1, 0.15) is 0 Å². The summed E-state index contributed by atoms with van der Waals surface area (Å²) >= 11 is 0. The number of ether oxygens (including phenoxy) is 1. The van der Waals surface area contributed by atoms with Crippen molar-refractivity contribution in [2.24, 2.45) is 7.05 Å². The van der Waals surface area contributed by atoms with Crippen molar-refractivity contribution in [1.29, 1.82) is 0 Å². The van der Waals surface area contributed by atoms with E-state index in [4.69, 9.17) is 4.74 Å². The van der Waals surface area contributed by atoms with E-state index >= 15 is 0 Å². The maximum Gasteiger partial charge on any atom is 0.260 e. The molecule has 0 saturated carbocycles. The van der Waals surface area contributed by atoms with Gasteiger partial charge in [0, 0.05) is 37.6 Å². The number of aryl methyl sites for hydroxylation is 1. The van der Waals surface area contributed by atoms with Gasteiger partial charge in [0.2, 0.25) is 0 Å². The quantitative estimate of drug-likeness (QED) is 0.710. The van der Waals surface area contributed by atoms with Crippen molar-refractivity contribution in [3.05, 3.63) is 54.1 Å². The van der Waals surface area contributed by atoms with E-state index in [-0.39, 0.29) is 24.2 Å². The van der Waals surface area contributed by atoms with E-state index in [2.05, 4.69) is 10.1 Å². The van der Waals surface area contributed by atoms with Gasteiger partial charge in [0.25, 0.3) is 5.91 Å². The van der Waals surface area contributed by atoms with Crippen LogP contribution in [0.25, 0.3) is 11.0 Å². The normalized spacial score (nSPS) is 17.3. The molecule has 0 unspecified atom stereocenters. The Bertz CT molecular complexity index is 972. The number of amides is 1. The average molecular weight is 368 g/mol. The van der Waals surface area contributed by atoms with E-state index in [1.807, 2.05) is 19.2 Å². The number of hydrogen-bond donors (Lipinski definition) is 0. The zero-order valence-electron chi connectivity index (χ0n) is 15.1. The molecule has 1 atom stereocenters. The van der Waals surface area contributed by atoms with Gasteiger partial charge >= 0.3 is 0 Å². The summed E-state index contributed by atoms with van der Waals surface area (Å²) < 4.78 is 20.8. The molecule has 1 aromatic carbocycles. The Morgan fingerprint density at radius 1 is 1.30 bits per heavy atom. The van der Waals surface area contributed by atoms with Crippen LogP contribution in [0.1, 0.15) is 24.5 Å². The number of benzene rings is 1. The minimum absolute atomic E-state index is 0.0983. The number of pyridine rings is 1. The van der Waals surface area contributed by atoms with Crippen molar-refractivity contribution in [1.82, 2.24) is 19.7 Å². The van der Waals surface area contributed by atoms with E-state index in [9.17, 15) is 9.18 Å². The van der Waals surface area contributed by atoms with Crippen LogP contribution in [0.15, 0.2) is 42.6 Å². The van der Waals surface area contributed by atoms with E-state index < -0.39 is 5.82 Å². The zero-order valence-corrected chi connectivity index (χ0v) is 15.1. The highest BCUT2D eigenvalue weighted by Gasteiger charge is 2.28. The van der Waals surface area contributed by atoms with Gasteiger partial charge in [0.05, 0.1) is 5.69 Å². The molecule has 4 rings (SSSR count). The summed E-state index contributed by atoms with van der Waals surface area (Å²) in [6.07, 6.45) is 3.62. The molecule has 0 bridgehead atoms. The van der Waals surface area contributed by atoms with Gasteiger partial charge in [-0.1, -0.05) is 12.1 Å². The molecular formula is C20H21FN4O2. The molecule has 1 fully saturated rings. The third-order valence-electron chi connectivity index (χ3n) is 4.98. The number of para-hydroxylation sites is 1. The van der Waals surface area contributed by atoms with Gasteiger partial charge < -0.3 is 9.64 Å². The Labute approximate surface area is 156 Å².